The fourth-order valence-corrected chi connectivity index (χ4v) is 3.64. The van der Waals surface area contributed by atoms with Gasteiger partial charge in [0.1, 0.15) is 0 Å². The predicted molar refractivity (Wildman–Crippen MR) is 64.8 cm³/mol. The van der Waals surface area contributed by atoms with Crippen molar-refractivity contribution in [3.63, 3.8) is 0 Å². The average Bonchev–Trinajstić information content (AvgIpc) is 2.76. The molecule has 0 aromatic heterocycles. The van der Waals surface area contributed by atoms with E-state index >= 15 is 0 Å². The molecule has 3 unspecified atom stereocenters. The molecule has 2 aliphatic rings. The van der Waals surface area contributed by atoms with Crippen LogP contribution in [0.5, 0.6) is 0 Å². The molecule has 0 spiro atoms. The predicted octanol–water partition coefficient (Wildman–Crippen LogP) is 2.38. The second kappa shape index (κ2) is 5.31. The van der Waals surface area contributed by atoms with Gasteiger partial charge in [-0.15, -0.1) is 0 Å². The molecule has 0 amide bonds. The maximum atomic E-state index is 5.91. The second-order valence-electron chi connectivity index (χ2n) is 5.29. The van der Waals surface area contributed by atoms with Gasteiger partial charge in [0.15, 0.2) is 0 Å². The van der Waals surface area contributed by atoms with Gasteiger partial charge in [-0.05, 0) is 38.1 Å². The minimum absolute atomic E-state index is 0.691. The van der Waals surface area contributed by atoms with Gasteiger partial charge in [-0.25, -0.2) is 0 Å². The Bertz CT molecular complexity index is 193. The minimum atomic E-state index is 0.691. The molecule has 2 fully saturated rings. The summed E-state index contributed by atoms with van der Waals surface area (Å²) in [5.41, 5.74) is 5.91. The summed E-state index contributed by atoms with van der Waals surface area (Å²) >= 11 is 0. The lowest BCUT2D eigenvalue weighted by atomic mass is 9.93. The molecule has 1 saturated heterocycles. The molecule has 1 saturated carbocycles. The highest BCUT2D eigenvalue weighted by molar-refractivity contribution is 4.90. The molecule has 88 valence electrons. The number of nitrogens with zero attached hydrogens (tertiary/aromatic N) is 1. The minimum Gasteiger partial charge on any atom is -0.329 e. The Balaban J connectivity index is 1.99. The zero-order valence-electron chi connectivity index (χ0n) is 10.1. The number of piperidine rings is 1. The van der Waals surface area contributed by atoms with Crippen LogP contribution in [0.1, 0.15) is 51.9 Å². The Labute approximate surface area is 94.2 Å². The van der Waals surface area contributed by atoms with Gasteiger partial charge in [0, 0.05) is 18.6 Å². The van der Waals surface area contributed by atoms with E-state index in [0.29, 0.717) is 6.04 Å². The van der Waals surface area contributed by atoms with E-state index < -0.39 is 0 Å². The van der Waals surface area contributed by atoms with Crippen LogP contribution in [0, 0.1) is 5.92 Å². The van der Waals surface area contributed by atoms with Crippen molar-refractivity contribution in [2.75, 3.05) is 13.1 Å². The summed E-state index contributed by atoms with van der Waals surface area (Å²) in [6.45, 7) is 4.53. The Kier molecular flexibility index (Phi) is 4.04. The fraction of sp³-hybridized carbons (Fsp3) is 1.00. The molecular formula is C13H26N2. The first-order valence-electron chi connectivity index (χ1n) is 6.82. The quantitative estimate of drug-likeness (QED) is 0.775. The molecule has 1 aliphatic heterocycles. The number of hydrogen-bond donors (Lipinski definition) is 1. The molecule has 2 N–H and O–H groups in total. The molecular weight excluding hydrogens is 184 g/mol. The van der Waals surface area contributed by atoms with Gasteiger partial charge in [-0.1, -0.05) is 26.2 Å². The fourth-order valence-electron chi connectivity index (χ4n) is 3.64. The number of likely N-dealkylation sites (tertiary alicyclic amines) is 1. The lowest BCUT2D eigenvalue weighted by molar-refractivity contribution is 0.0761. The second-order valence-corrected chi connectivity index (χ2v) is 5.29. The SMILES string of the molecule is CCC1CCCC1N1CCCCC1CN. The smallest absolute Gasteiger partial charge is 0.0221 e. The third-order valence-corrected chi connectivity index (χ3v) is 4.51. The average molecular weight is 210 g/mol. The Morgan fingerprint density at radius 3 is 2.73 bits per heavy atom. The van der Waals surface area contributed by atoms with E-state index in [1.54, 1.807) is 0 Å². The summed E-state index contributed by atoms with van der Waals surface area (Å²) in [5.74, 6) is 0.956. The van der Waals surface area contributed by atoms with Crippen LogP contribution >= 0.6 is 0 Å². The first kappa shape index (κ1) is 11.4. The van der Waals surface area contributed by atoms with Crippen molar-refractivity contribution >= 4 is 0 Å². The topological polar surface area (TPSA) is 29.3 Å². The van der Waals surface area contributed by atoms with Crippen molar-refractivity contribution in [3.05, 3.63) is 0 Å². The summed E-state index contributed by atoms with van der Waals surface area (Å²) in [4.78, 5) is 2.75. The molecule has 0 radical (unpaired) electrons. The molecule has 0 aromatic rings. The molecule has 0 aromatic carbocycles. The van der Waals surface area contributed by atoms with Gasteiger partial charge in [0.2, 0.25) is 0 Å². The van der Waals surface area contributed by atoms with Gasteiger partial charge in [-0.2, -0.15) is 0 Å². The number of nitrogens with two attached hydrogens (primary N) is 1. The summed E-state index contributed by atoms with van der Waals surface area (Å²) in [6, 6.07) is 1.56. The highest BCUT2D eigenvalue weighted by Gasteiger charge is 2.35. The molecule has 3 atom stereocenters. The van der Waals surface area contributed by atoms with Crippen LogP contribution in [0.4, 0.5) is 0 Å². The van der Waals surface area contributed by atoms with Gasteiger partial charge < -0.3 is 5.73 Å². The van der Waals surface area contributed by atoms with Crippen LogP contribution in [0.25, 0.3) is 0 Å². The summed E-state index contributed by atoms with van der Waals surface area (Å²) in [6.07, 6.45) is 9.80. The first-order valence-corrected chi connectivity index (χ1v) is 6.82. The van der Waals surface area contributed by atoms with Crippen molar-refractivity contribution in [2.45, 2.75) is 64.0 Å². The van der Waals surface area contributed by atoms with Crippen molar-refractivity contribution in [3.8, 4) is 0 Å². The van der Waals surface area contributed by atoms with Crippen molar-refractivity contribution in [2.24, 2.45) is 11.7 Å². The standard InChI is InChI=1S/C13H26N2/c1-2-11-6-5-8-13(11)15-9-4-3-7-12(15)10-14/h11-13H,2-10,14H2,1H3. The summed E-state index contributed by atoms with van der Waals surface area (Å²) in [7, 11) is 0. The van der Waals surface area contributed by atoms with Gasteiger partial charge >= 0.3 is 0 Å². The van der Waals surface area contributed by atoms with Crippen LogP contribution in [-0.2, 0) is 0 Å². The van der Waals surface area contributed by atoms with Crippen molar-refractivity contribution in [1.29, 1.82) is 0 Å². The van der Waals surface area contributed by atoms with Crippen molar-refractivity contribution < 1.29 is 0 Å². The molecule has 0 bridgehead atoms. The van der Waals surface area contributed by atoms with E-state index in [-0.39, 0.29) is 0 Å². The van der Waals surface area contributed by atoms with Gasteiger partial charge in [0.05, 0.1) is 0 Å². The van der Waals surface area contributed by atoms with E-state index in [1.165, 1.54) is 51.5 Å². The van der Waals surface area contributed by atoms with Crippen molar-refractivity contribution in [1.82, 2.24) is 4.90 Å². The molecule has 2 heteroatoms. The van der Waals surface area contributed by atoms with Crippen LogP contribution in [0.2, 0.25) is 0 Å². The zero-order valence-corrected chi connectivity index (χ0v) is 10.1. The molecule has 2 nitrogen and oxygen atoms in total. The van der Waals surface area contributed by atoms with E-state index in [0.717, 1.165) is 18.5 Å². The Morgan fingerprint density at radius 1 is 1.13 bits per heavy atom. The first-order chi connectivity index (χ1) is 7.36. The Hall–Kier alpha value is -0.0800. The summed E-state index contributed by atoms with van der Waals surface area (Å²) < 4.78 is 0. The number of hydrogen-bond acceptors (Lipinski definition) is 2. The normalized spacial score (nSPS) is 38.4. The van der Waals surface area contributed by atoms with E-state index in [2.05, 4.69) is 11.8 Å². The number of rotatable bonds is 3. The lowest BCUT2D eigenvalue weighted by Gasteiger charge is -2.41. The largest absolute Gasteiger partial charge is 0.329 e. The van der Waals surface area contributed by atoms with E-state index in [9.17, 15) is 0 Å². The summed E-state index contributed by atoms with van der Waals surface area (Å²) in [5, 5.41) is 0. The van der Waals surface area contributed by atoms with E-state index in [1.807, 2.05) is 0 Å². The zero-order chi connectivity index (χ0) is 10.7. The van der Waals surface area contributed by atoms with Crippen LogP contribution in [0.3, 0.4) is 0 Å². The highest BCUT2D eigenvalue weighted by atomic mass is 15.2. The van der Waals surface area contributed by atoms with Crippen LogP contribution in [0.15, 0.2) is 0 Å². The molecule has 1 aliphatic carbocycles. The lowest BCUT2D eigenvalue weighted by Crippen LogP contribution is -2.50. The maximum Gasteiger partial charge on any atom is 0.0221 e. The van der Waals surface area contributed by atoms with Gasteiger partial charge in [0.25, 0.3) is 0 Å². The molecule has 2 rings (SSSR count). The third kappa shape index (κ3) is 2.36. The Morgan fingerprint density at radius 2 is 2.00 bits per heavy atom. The maximum absolute atomic E-state index is 5.91. The highest BCUT2D eigenvalue weighted by Crippen LogP contribution is 2.35. The van der Waals surface area contributed by atoms with Crippen LogP contribution < -0.4 is 5.73 Å². The molecule has 15 heavy (non-hydrogen) atoms. The van der Waals surface area contributed by atoms with Gasteiger partial charge in [-0.3, -0.25) is 4.90 Å². The molecule has 1 heterocycles. The third-order valence-electron chi connectivity index (χ3n) is 4.51. The van der Waals surface area contributed by atoms with Crippen LogP contribution in [-0.4, -0.2) is 30.1 Å². The monoisotopic (exact) mass is 210 g/mol. The van der Waals surface area contributed by atoms with E-state index in [4.69, 9.17) is 5.73 Å².